The summed E-state index contributed by atoms with van der Waals surface area (Å²) in [6.45, 7) is 0. The molecule has 90 valence electrons. The van der Waals surface area contributed by atoms with E-state index in [0.717, 1.165) is 17.9 Å². The first-order valence-corrected chi connectivity index (χ1v) is 6.38. The molecule has 0 aromatic heterocycles. The standard InChI is InChI=1S/C13H26N.HI/c1-14(2,3)13-9-8-11-6-4-5-7-12(11)10-13;/h11-13H,4-10H2,1-3H3;1H/q+1;/p-1/t11?,12?,13-;/m0./s1. The monoisotopic (exact) mass is 323 g/mol. The molecule has 2 heteroatoms. The summed E-state index contributed by atoms with van der Waals surface area (Å²) in [5.41, 5.74) is 0. The lowest BCUT2D eigenvalue weighted by Crippen LogP contribution is -3.00. The summed E-state index contributed by atoms with van der Waals surface area (Å²) >= 11 is 0. The molecule has 2 aliphatic carbocycles. The van der Waals surface area contributed by atoms with Crippen molar-refractivity contribution in [2.75, 3.05) is 21.1 Å². The Bertz CT molecular complexity index is 197. The molecule has 0 heterocycles. The Morgan fingerprint density at radius 3 is 2.00 bits per heavy atom. The van der Waals surface area contributed by atoms with Gasteiger partial charge in [-0.25, -0.2) is 0 Å². The first kappa shape index (κ1) is 13.8. The van der Waals surface area contributed by atoms with Crippen molar-refractivity contribution < 1.29 is 28.5 Å². The minimum absolute atomic E-state index is 0. The molecule has 0 spiro atoms. The normalized spacial score (nSPS) is 36.6. The average Bonchev–Trinajstić information content (AvgIpc) is 2.16. The number of halogens is 1. The van der Waals surface area contributed by atoms with Gasteiger partial charge in [0.05, 0.1) is 27.2 Å². The third-order valence-electron chi connectivity index (χ3n) is 4.61. The predicted molar refractivity (Wildman–Crippen MR) is 61.1 cm³/mol. The van der Waals surface area contributed by atoms with Crippen molar-refractivity contribution in [3.63, 3.8) is 0 Å². The summed E-state index contributed by atoms with van der Waals surface area (Å²) in [6.07, 6.45) is 10.6. The maximum absolute atomic E-state index is 2.37. The van der Waals surface area contributed by atoms with E-state index in [4.69, 9.17) is 0 Å². The van der Waals surface area contributed by atoms with Crippen LogP contribution in [0.5, 0.6) is 0 Å². The Morgan fingerprint density at radius 1 is 0.800 bits per heavy atom. The quantitative estimate of drug-likeness (QED) is 0.473. The van der Waals surface area contributed by atoms with Gasteiger partial charge < -0.3 is 28.5 Å². The Balaban J connectivity index is 0.00000112. The second-order valence-corrected chi connectivity index (χ2v) is 6.39. The molecular weight excluding hydrogens is 297 g/mol. The lowest BCUT2D eigenvalue weighted by atomic mass is 9.69. The van der Waals surface area contributed by atoms with Crippen molar-refractivity contribution in [3.8, 4) is 0 Å². The van der Waals surface area contributed by atoms with Crippen molar-refractivity contribution in [2.45, 2.75) is 51.0 Å². The van der Waals surface area contributed by atoms with E-state index < -0.39 is 0 Å². The SMILES string of the molecule is C[N+](C)(C)[C@H]1CCC2CCCCC2C1.[I-]. The van der Waals surface area contributed by atoms with Gasteiger partial charge in [-0.15, -0.1) is 0 Å². The number of nitrogens with zero attached hydrogens (tertiary/aromatic N) is 1. The smallest absolute Gasteiger partial charge is 0.0887 e. The van der Waals surface area contributed by atoms with Gasteiger partial charge >= 0.3 is 0 Å². The Kier molecular flexibility index (Phi) is 4.90. The van der Waals surface area contributed by atoms with Crippen LogP contribution in [0.1, 0.15) is 44.9 Å². The topological polar surface area (TPSA) is 0 Å². The summed E-state index contributed by atoms with van der Waals surface area (Å²) in [6, 6.07) is 0.939. The molecule has 0 aromatic rings. The average molecular weight is 323 g/mol. The largest absolute Gasteiger partial charge is 1.00 e. The zero-order valence-electron chi connectivity index (χ0n) is 10.5. The number of rotatable bonds is 1. The van der Waals surface area contributed by atoms with E-state index in [9.17, 15) is 0 Å². The second kappa shape index (κ2) is 5.35. The molecule has 3 atom stereocenters. The fourth-order valence-corrected chi connectivity index (χ4v) is 3.55. The minimum Gasteiger partial charge on any atom is -1.00 e. The zero-order chi connectivity index (χ0) is 10.2. The second-order valence-electron chi connectivity index (χ2n) is 6.39. The Morgan fingerprint density at radius 2 is 1.40 bits per heavy atom. The predicted octanol–water partition coefficient (Wildman–Crippen LogP) is 0.0555. The van der Waals surface area contributed by atoms with Gasteiger partial charge in [-0.05, 0) is 31.1 Å². The molecule has 2 unspecified atom stereocenters. The molecule has 15 heavy (non-hydrogen) atoms. The van der Waals surface area contributed by atoms with Crippen LogP contribution in [0.4, 0.5) is 0 Å². The van der Waals surface area contributed by atoms with Crippen LogP contribution in [-0.2, 0) is 0 Å². The Hall–Kier alpha value is 0.690. The fraction of sp³-hybridized carbons (Fsp3) is 1.00. The van der Waals surface area contributed by atoms with Gasteiger partial charge in [-0.1, -0.05) is 19.3 Å². The highest BCUT2D eigenvalue weighted by Gasteiger charge is 2.37. The minimum atomic E-state index is 0. The summed E-state index contributed by atoms with van der Waals surface area (Å²) in [7, 11) is 7.11. The molecule has 0 N–H and O–H groups in total. The van der Waals surface area contributed by atoms with E-state index in [1.165, 1.54) is 49.4 Å². The highest BCUT2D eigenvalue weighted by molar-refractivity contribution is 4.83. The maximum Gasteiger partial charge on any atom is 0.0887 e. The lowest BCUT2D eigenvalue weighted by Gasteiger charge is -2.44. The summed E-state index contributed by atoms with van der Waals surface area (Å²) < 4.78 is 1.18. The van der Waals surface area contributed by atoms with E-state index in [-0.39, 0.29) is 24.0 Å². The highest BCUT2D eigenvalue weighted by Crippen LogP contribution is 2.42. The molecule has 0 aromatic carbocycles. The maximum atomic E-state index is 2.37. The first-order chi connectivity index (χ1) is 6.57. The van der Waals surface area contributed by atoms with Gasteiger partial charge in [-0.3, -0.25) is 0 Å². The zero-order valence-corrected chi connectivity index (χ0v) is 12.7. The third-order valence-corrected chi connectivity index (χ3v) is 4.61. The van der Waals surface area contributed by atoms with Crippen LogP contribution in [-0.4, -0.2) is 31.7 Å². The van der Waals surface area contributed by atoms with E-state index in [0.29, 0.717) is 0 Å². The van der Waals surface area contributed by atoms with E-state index in [1.807, 2.05) is 0 Å². The van der Waals surface area contributed by atoms with Crippen molar-refractivity contribution in [1.82, 2.24) is 0 Å². The van der Waals surface area contributed by atoms with Gasteiger partial charge in [0.2, 0.25) is 0 Å². The molecule has 0 radical (unpaired) electrons. The molecule has 2 fully saturated rings. The third kappa shape index (κ3) is 3.32. The first-order valence-electron chi connectivity index (χ1n) is 6.38. The van der Waals surface area contributed by atoms with E-state index in [2.05, 4.69) is 21.1 Å². The van der Waals surface area contributed by atoms with Gasteiger partial charge in [-0.2, -0.15) is 0 Å². The van der Waals surface area contributed by atoms with Crippen LogP contribution in [0.15, 0.2) is 0 Å². The Labute approximate surface area is 112 Å². The van der Waals surface area contributed by atoms with Gasteiger partial charge in [0.15, 0.2) is 0 Å². The lowest BCUT2D eigenvalue weighted by molar-refractivity contribution is -0.898. The molecule has 2 aliphatic rings. The molecule has 0 aliphatic heterocycles. The number of fused-ring (bicyclic) bond motifs is 1. The number of quaternary nitrogens is 1. The molecule has 2 saturated carbocycles. The number of hydrogen-bond donors (Lipinski definition) is 0. The van der Waals surface area contributed by atoms with Gasteiger partial charge in [0.1, 0.15) is 0 Å². The van der Waals surface area contributed by atoms with Crippen LogP contribution in [0.3, 0.4) is 0 Å². The molecule has 0 bridgehead atoms. The molecule has 2 rings (SSSR count). The van der Waals surface area contributed by atoms with Crippen molar-refractivity contribution >= 4 is 0 Å². The van der Waals surface area contributed by atoms with E-state index >= 15 is 0 Å². The summed E-state index contributed by atoms with van der Waals surface area (Å²) in [5.74, 6) is 2.19. The van der Waals surface area contributed by atoms with Crippen molar-refractivity contribution in [1.29, 1.82) is 0 Å². The summed E-state index contributed by atoms with van der Waals surface area (Å²) in [5, 5.41) is 0. The van der Waals surface area contributed by atoms with Crippen LogP contribution >= 0.6 is 0 Å². The van der Waals surface area contributed by atoms with Gasteiger partial charge in [0.25, 0.3) is 0 Å². The molecule has 0 saturated heterocycles. The highest BCUT2D eigenvalue weighted by atomic mass is 127. The van der Waals surface area contributed by atoms with Crippen LogP contribution < -0.4 is 24.0 Å². The molecule has 1 nitrogen and oxygen atoms in total. The van der Waals surface area contributed by atoms with E-state index in [1.54, 1.807) is 0 Å². The van der Waals surface area contributed by atoms with Crippen molar-refractivity contribution in [3.05, 3.63) is 0 Å². The van der Waals surface area contributed by atoms with Crippen molar-refractivity contribution in [2.24, 2.45) is 11.8 Å². The van der Waals surface area contributed by atoms with Crippen LogP contribution in [0, 0.1) is 11.8 Å². The number of hydrogen-bond acceptors (Lipinski definition) is 0. The molecule has 0 amide bonds. The van der Waals surface area contributed by atoms with Crippen LogP contribution in [0.2, 0.25) is 0 Å². The summed E-state index contributed by atoms with van der Waals surface area (Å²) in [4.78, 5) is 0. The fourth-order valence-electron chi connectivity index (χ4n) is 3.55. The molecular formula is C13H26IN. The van der Waals surface area contributed by atoms with Crippen LogP contribution in [0.25, 0.3) is 0 Å². The van der Waals surface area contributed by atoms with Gasteiger partial charge in [0, 0.05) is 6.42 Å².